The molecule has 0 saturated heterocycles. The zero-order chi connectivity index (χ0) is 14.9. The summed E-state index contributed by atoms with van der Waals surface area (Å²) in [6, 6.07) is 7.75. The molecule has 1 aromatic carbocycles. The third-order valence-corrected chi connectivity index (χ3v) is 5.24. The minimum Gasteiger partial charge on any atom is -0.326 e. The zero-order valence-corrected chi connectivity index (χ0v) is 14.2. The highest BCUT2D eigenvalue weighted by Crippen LogP contribution is 2.53. The van der Waals surface area contributed by atoms with Crippen LogP contribution in [0.1, 0.15) is 33.6 Å². The average molecular weight is 385 g/mol. The van der Waals surface area contributed by atoms with Gasteiger partial charge >= 0.3 is 0 Å². The molecule has 1 aliphatic rings. The van der Waals surface area contributed by atoms with E-state index >= 15 is 0 Å². The summed E-state index contributed by atoms with van der Waals surface area (Å²) >= 11 is 2.23. The number of ketones is 1. The van der Waals surface area contributed by atoms with E-state index in [0.29, 0.717) is 12.3 Å². The first kappa shape index (κ1) is 15.5. The van der Waals surface area contributed by atoms with Crippen LogP contribution in [0.25, 0.3) is 0 Å². The van der Waals surface area contributed by atoms with Crippen LogP contribution in [-0.2, 0) is 9.59 Å². The molecule has 4 heteroatoms. The van der Waals surface area contributed by atoms with Crippen molar-refractivity contribution >= 4 is 40.0 Å². The van der Waals surface area contributed by atoms with Crippen molar-refractivity contribution in [1.29, 1.82) is 0 Å². The van der Waals surface area contributed by atoms with Crippen molar-refractivity contribution in [2.45, 2.75) is 33.6 Å². The Kier molecular flexibility index (Phi) is 4.52. The highest BCUT2D eigenvalue weighted by molar-refractivity contribution is 14.1. The predicted molar refractivity (Wildman–Crippen MR) is 88.5 cm³/mol. The van der Waals surface area contributed by atoms with Gasteiger partial charge in [0.05, 0.1) is 0 Å². The molecule has 0 heterocycles. The number of carbonyl (C=O) groups excluding carboxylic acids is 2. The van der Waals surface area contributed by atoms with Gasteiger partial charge in [0.25, 0.3) is 0 Å². The van der Waals surface area contributed by atoms with Gasteiger partial charge < -0.3 is 5.32 Å². The van der Waals surface area contributed by atoms with Gasteiger partial charge in [0.1, 0.15) is 5.78 Å². The summed E-state index contributed by atoms with van der Waals surface area (Å²) in [6.45, 7) is 5.82. The van der Waals surface area contributed by atoms with Gasteiger partial charge in [-0.3, -0.25) is 9.59 Å². The number of hydrogen-bond acceptors (Lipinski definition) is 2. The van der Waals surface area contributed by atoms with Crippen LogP contribution in [0.2, 0.25) is 0 Å². The maximum atomic E-state index is 12.1. The van der Waals surface area contributed by atoms with Gasteiger partial charge in [0.15, 0.2) is 0 Å². The molecule has 0 aromatic heterocycles. The molecule has 0 radical (unpaired) electrons. The van der Waals surface area contributed by atoms with E-state index in [0.717, 1.165) is 15.7 Å². The van der Waals surface area contributed by atoms with Crippen molar-refractivity contribution in [3.05, 3.63) is 27.8 Å². The van der Waals surface area contributed by atoms with E-state index in [2.05, 4.69) is 41.8 Å². The second-order valence-electron chi connectivity index (χ2n) is 6.18. The monoisotopic (exact) mass is 385 g/mol. The van der Waals surface area contributed by atoms with Gasteiger partial charge in [-0.25, -0.2) is 0 Å². The molecular formula is C16H20INO2. The number of amides is 1. The second kappa shape index (κ2) is 5.84. The fourth-order valence-electron chi connectivity index (χ4n) is 3.02. The van der Waals surface area contributed by atoms with E-state index in [1.54, 1.807) is 6.92 Å². The molecule has 0 bridgehead atoms. The fourth-order valence-corrected chi connectivity index (χ4v) is 3.38. The number of rotatable bonds is 4. The Morgan fingerprint density at radius 2 is 1.90 bits per heavy atom. The lowest BCUT2D eigenvalue weighted by Crippen LogP contribution is -2.49. The summed E-state index contributed by atoms with van der Waals surface area (Å²) in [7, 11) is 0. The largest absolute Gasteiger partial charge is 0.326 e. The number of hydrogen-bond donors (Lipinski definition) is 1. The van der Waals surface area contributed by atoms with E-state index in [4.69, 9.17) is 0 Å². The number of carbonyl (C=O) groups is 2. The maximum Gasteiger partial charge on any atom is 0.224 e. The van der Waals surface area contributed by atoms with Crippen LogP contribution in [-0.4, -0.2) is 11.7 Å². The van der Waals surface area contributed by atoms with Gasteiger partial charge in [-0.1, -0.05) is 13.8 Å². The molecule has 2 unspecified atom stereocenters. The smallest absolute Gasteiger partial charge is 0.224 e. The molecule has 1 saturated carbocycles. The Labute approximate surface area is 133 Å². The third kappa shape index (κ3) is 3.22. The Bertz CT molecular complexity index is 522. The van der Waals surface area contributed by atoms with Crippen molar-refractivity contribution in [3.63, 3.8) is 0 Å². The summed E-state index contributed by atoms with van der Waals surface area (Å²) in [5, 5.41) is 2.92. The zero-order valence-electron chi connectivity index (χ0n) is 12.1. The third-order valence-electron chi connectivity index (χ3n) is 4.52. The lowest BCUT2D eigenvalue weighted by atomic mass is 9.52. The second-order valence-corrected chi connectivity index (χ2v) is 7.42. The Morgan fingerprint density at radius 1 is 1.30 bits per heavy atom. The minimum atomic E-state index is -0.0603. The van der Waals surface area contributed by atoms with Gasteiger partial charge in [-0.2, -0.15) is 0 Å². The minimum absolute atomic E-state index is 0.0336. The van der Waals surface area contributed by atoms with E-state index in [1.807, 2.05) is 24.3 Å². The van der Waals surface area contributed by atoms with Gasteiger partial charge in [0, 0.05) is 21.6 Å². The van der Waals surface area contributed by atoms with Crippen LogP contribution in [0.4, 0.5) is 5.69 Å². The maximum absolute atomic E-state index is 12.1. The average Bonchev–Trinajstić information content (AvgIpc) is 2.36. The molecular weight excluding hydrogens is 365 g/mol. The molecule has 1 N–H and O–H groups in total. The molecule has 0 aliphatic heterocycles. The molecule has 2 atom stereocenters. The number of benzene rings is 1. The Balaban J connectivity index is 1.90. The molecule has 108 valence electrons. The van der Waals surface area contributed by atoms with E-state index in [1.165, 1.54) is 0 Å². The predicted octanol–water partition coefficient (Wildman–Crippen LogP) is 3.87. The molecule has 20 heavy (non-hydrogen) atoms. The van der Waals surface area contributed by atoms with Crippen LogP contribution in [0, 0.1) is 20.8 Å². The fraction of sp³-hybridized carbons (Fsp3) is 0.500. The van der Waals surface area contributed by atoms with E-state index < -0.39 is 0 Å². The van der Waals surface area contributed by atoms with Gasteiger partial charge in [-0.15, -0.1) is 0 Å². The van der Waals surface area contributed by atoms with Crippen molar-refractivity contribution in [2.75, 3.05) is 5.32 Å². The first-order chi connectivity index (χ1) is 9.30. The summed E-state index contributed by atoms with van der Waals surface area (Å²) < 4.78 is 1.14. The summed E-state index contributed by atoms with van der Waals surface area (Å²) in [4.78, 5) is 23.6. The van der Waals surface area contributed by atoms with Crippen molar-refractivity contribution in [2.24, 2.45) is 17.3 Å². The highest BCUT2D eigenvalue weighted by atomic mass is 127. The molecule has 1 aliphatic carbocycles. The summed E-state index contributed by atoms with van der Waals surface area (Å²) in [5.41, 5.74) is 0.769. The summed E-state index contributed by atoms with van der Waals surface area (Å²) in [6.07, 6.45) is 1.32. The van der Waals surface area contributed by atoms with Crippen molar-refractivity contribution in [1.82, 2.24) is 0 Å². The SMILES string of the molecule is CC(=O)C1CC(CC(=O)Nc2ccc(I)cc2)C1(C)C. The van der Waals surface area contributed by atoms with Crippen LogP contribution < -0.4 is 5.32 Å². The molecule has 0 spiro atoms. The first-order valence-electron chi connectivity index (χ1n) is 6.86. The van der Waals surface area contributed by atoms with Crippen LogP contribution in [0.3, 0.4) is 0 Å². The van der Waals surface area contributed by atoms with Crippen LogP contribution in [0.15, 0.2) is 24.3 Å². The van der Waals surface area contributed by atoms with Crippen LogP contribution in [0.5, 0.6) is 0 Å². The highest BCUT2D eigenvalue weighted by Gasteiger charge is 2.50. The van der Waals surface area contributed by atoms with Gasteiger partial charge in [0.2, 0.25) is 5.91 Å². The van der Waals surface area contributed by atoms with Crippen molar-refractivity contribution < 1.29 is 9.59 Å². The number of nitrogens with one attached hydrogen (secondary N) is 1. The molecule has 1 fully saturated rings. The standard InChI is InChI=1S/C16H20INO2/c1-10(19)14-8-11(16(14,2)3)9-15(20)18-13-6-4-12(17)5-7-13/h4-7,11,14H,8-9H2,1-3H3,(H,18,20). The lowest BCUT2D eigenvalue weighted by Gasteiger charge is -2.51. The topological polar surface area (TPSA) is 46.2 Å². The Morgan fingerprint density at radius 3 is 2.40 bits per heavy atom. The van der Waals surface area contributed by atoms with E-state index in [9.17, 15) is 9.59 Å². The lowest BCUT2D eigenvalue weighted by molar-refractivity contribution is -0.139. The number of Topliss-reactive ketones (excluding diaryl/α,β-unsaturated/α-hetero) is 1. The molecule has 1 amide bonds. The quantitative estimate of drug-likeness (QED) is 0.800. The number of halogens is 1. The Hall–Kier alpha value is -0.910. The van der Waals surface area contributed by atoms with Gasteiger partial charge in [-0.05, 0) is 71.5 Å². The van der Waals surface area contributed by atoms with Crippen LogP contribution >= 0.6 is 22.6 Å². The van der Waals surface area contributed by atoms with Crippen molar-refractivity contribution in [3.8, 4) is 0 Å². The molecule has 2 rings (SSSR count). The summed E-state index contributed by atoms with van der Waals surface area (Å²) in [5.74, 6) is 0.675. The first-order valence-corrected chi connectivity index (χ1v) is 7.94. The molecule has 3 nitrogen and oxygen atoms in total. The molecule has 1 aromatic rings. The normalized spacial score (nSPS) is 23.8. The van der Waals surface area contributed by atoms with E-state index in [-0.39, 0.29) is 23.0 Å². The number of anilines is 1.